The van der Waals surface area contributed by atoms with Gasteiger partial charge in [-0.2, -0.15) is 0 Å². The molecule has 0 amide bonds. The molecule has 5 nitrogen and oxygen atoms in total. The highest BCUT2D eigenvalue weighted by molar-refractivity contribution is 7.99. The molecule has 27 heavy (non-hydrogen) atoms. The Labute approximate surface area is 162 Å². The number of ketones is 1. The summed E-state index contributed by atoms with van der Waals surface area (Å²) >= 11 is 1.41. The summed E-state index contributed by atoms with van der Waals surface area (Å²) in [6.07, 6.45) is 3.39. The van der Waals surface area contributed by atoms with E-state index < -0.39 is 0 Å². The SMILES string of the molecule is COc1ccccc1-c1nnc(SCC(=O)c2ccc3c(c2)CCC3)n1C. The molecular weight excluding hydrogens is 358 g/mol. The van der Waals surface area contributed by atoms with E-state index in [1.807, 2.05) is 41.9 Å². The van der Waals surface area contributed by atoms with Gasteiger partial charge in [-0.3, -0.25) is 4.79 Å². The highest BCUT2D eigenvalue weighted by atomic mass is 32.2. The minimum Gasteiger partial charge on any atom is -0.496 e. The Kier molecular flexibility index (Phi) is 4.99. The van der Waals surface area contributed by atoms with Crippen LogP contribution in [-0.2, 0) is 19.9 Å². The van der Waals surface area contributed by atoms with Crippen molar-refractivity contribution in [1.82, 2.24) is 14.8 Å². The average molecular weight is 379 g/mol. The van der Waals surface area contributed by atoms with Crippen molar-refractivity contribution in [2.45, 2.75) is 24.4 Å². The van der Waals surface area contributed by atoms with Crippen molar-refractivity contribution >= 4 is 17.5 Å². The van der Waals surface area contributed by atoms with Crippen LogP contribution in [0.2, 0.25) is 0 Å². The highest BCUT2D eigenvalue weighted by Crippen LogP contribution is 2.30. The molecule has 0 bridgehead atoms. The smallest absolute Gasteiger partial charge is 0.191 e. The van der Waals surface area contributed by atoms with Gasteiger partial charge in [0.2, 0.25) is 0 Å². The Bertz CT molecular complexity index is 997. The normalized spacial score (nSPS) is 12.8. The highest BCUT2D eigenvalue weighted by Gasteiger charge is 2.17. The van der Waals surface area contributed by atoms with Gasteiger partial charge in [-0.05, 0) is 48.6 Å². The van der Waals surface area contributed by atoms with Gasteiger partial charge in [-0.1, -0.05) is 36.0 Å². The average Bonchev–Trinajstić information content (AvgIpc) is 3.31. The number of Topliss-reactive ketones (excluding diaryl/α,β-unsaturated/α-hetero) is 1. The van der Waals surface area contributed by atoms with Crippen LogP contribution in [0.15, 0.2) is 47.6 Å². The van der Waals surface area contributed by atoms with E-state index in [9.17, 15) is 4.79 Å². The second-order valence-corrected chi connectivity index (χ2v) is 7.56. The number of nitrogens with zero attached hydrogens (tertiary/aromatic N) is 3. The molecule has 2 aromatic carbocycles. The maximum atomic E-state index is 12.6. The number of hydrogen-bond acceptors (Lipinski definition) is 5. The number of thioether (sulfide) groups is 1. The number of para-hydroxylation sites is 1. The number of aryl methyl sites for hydroxylation is 2. The van der Waals surface area contributed by atoms with Crippen molar-refractivity contribution in [2.75, 3.05) is 12.9 Å². The van der Waals surface area contributed by atoms with Crippen molar-refractivity contribution in [3.8, 4) is 17.1 Å². The molecule has 1 aliphatic carbocycles. The van der Waals surface area contributed by atoms with E-state index in [2.05, 4.69) is 22.3 Å². The van der Waals surface area contributed by atoms with Gasteiger partial charge >= 0.3 is 0 Å². The van der Waals surface area contributed by atoms with Crippen molar-refractivity contribution < 1.29 is 9.53 Å². The standard InChI is InChI=1S/C21H21N3O2S/c1-24-20(17-8-3-4-9-19(17)26-2)22-23-21(24)27-13-18(25)16-11-10-14-6-5-7-15(14)12-16/h3-4,8-12H,5-7,13H2,1-2H3. The van der Waals surface area contributed by atoms with Crippen LogP contribution in [0.4, 0.5) is 0 Å². The third-order valence-electron chi connectivity index (χ3n) is 4.94. The Morgan fingerprint density at radius 3 is 2.81 bits per heavy atom. The molecule has 0 fully saturated rings. The molecule has 0 spiro atoms. The van der Waals surface area contributed by atoms with Crippen LogP contribution in [0.1, 0.15) is 27.9 Å². The lowest BCUT2D eigenvalue weighted by Gasteiger charge is -2.08. The van der Waals surface area contributed by atoms with E-state index in [1.165, 1.54) is 29.3 Å². The number of hydrogen-bond donors (Lipinski definition) is 0. The minimum atomic E-state index is 0.122. The summed E-state index contributed by atoms with van der Waals surface area (Å²) in [4.78, 5) is 12.6. The minimum absolute atomic E-state index is 0.122. The van der Waals surface area contributed by atoms with Gasteiger partial charge in [0.05, 0.1) is 18.4 Å². The molecule has 0 N–H and O–H groups in total. The molecular formula is C21H21N3O2S. The molecule has 3 aromatic rings. The van der Waals surface area contributed by atoms with Crippen LogP contribution >= 0.6 is 11.8 Å². The first-order valence-electron chi connectivity index (χ1n) is 8.98. The molecule has 1 aliphatic rings. The van der Waals surface area contributed by atoms with E-state index >= 15 is 0 Å². The van der Waals surface area contributed by atoms with Crippen LogP contribution in [0.5, 0.6) is 5.75 Å². The topological polar surface area (TPSA) is 57.0 Å². The molecule has 0 radical (unpaired) electrons. The predicted octanol–water partition coefficient (Wildman–Crippen LogP) is 3.95. The van der Waals surface area contributed by atoms with Crippen molar-refractivity contribution in [3.05, 3.63) is 59.2 Å². The summed E-state index contributed by atoms with van der Waals surface area (Å²) in [5, 5.41) is 9.27. The number of fused-ring (bicyclic) bond motifs is 1. The van der Waals surface area contributed by atoms with Crippen LogP contribution in [0.3, 0.4) is 0 Å². The molecule has 6 heteroatoms. The van der Waals surface area contributed by atoms with Gasteiger partial charge in [0.15, 0.2) is 16.8 Å². The van der Waals surface area contributed by atoms with Crippen LogP contribution in [0.25, 0.3) is 11.4 Å². The molecule has 0 saturated carbocycles. The number of ether oxygens (including phenoxy) is 1. The number of rotatable bonds is 6. The number of benzene rings is 2. The first-order valence-corrected chi connectivity index (χ1v) is 9.96. The maximum absolute atomic E-state index is 12.6. The molecule has 138 valence electrons. The third-order valence-corrected chi connectivity index (χ3v) is 5.96. The van der Waals surface area contributed by atoms with E-state index in [4.69, 9.17) is 4.74 Å². The molecule has 0 atom stereocenters. The predicted molar refractivity (Wildman–Crippen MR) is 107 cm³/mol. The van der Waals surface area contributed by atoms with Gasteiger partial charge in [0.1, 0.15) is 5.75 Å². The fourth-order valence-electron chi connectivity index (χ4n) is 3.46. The lowest BCUT2D eigenvalue weighted by molar-refractivity contribution is 0.102. The Morgan fingerprint density at radius 1 is 1.15 bits per heavy atom. The van der Waals surface area contributed by atoms with E-state index in [1.54, 1.807) is 7.11 Å². The largest absolute Gasteiger partial charge is 0.496 e. The second kappa shape index (κ2) is 7.56. The zero-order valence-corrected chi connectivity index (χ0v) is 16.3. The molecule has 4 rings (SSSR count). The van der Waals surface area contributed by atoms with Gasteiger partial charge in [-0.15, -0.1) is 10.2 Å². The van der Waals surface area contributed by atoms with E-state index in [0.29, 0.717) is 10.9 Å². The van der Waals surface area contributed by atoms with Gasteiger partial charge in [-0.25, -0.2) is 0 Å². The fourth-order valence-corrected chi connectivity index (χ4v) is 4.27. The van der Waals surface area contributed by atoms with Crippen molar-refractivity contribution in [1.29, 1.82) is 0 Å². The third kappa shape index (κ3) is 3.49. The summed E-state index contributed by atoms with van der Waals surface area (Å²) in [6.45, 7) is 0. The molecule has 0 saturated heterocycles. The fraction of sp³-hybridized carbons (Fsp3) is 0.286. The van der Waals surface area contributed by atoms with Crippen LogP contribution in [-0.4, -0.2) is 33.4 Å². The summed E-state index contributed by atoms with van der Waals surface area (Å²) in [5.74, 6) is 1.94. The number of carbonyl (C=O) groups is 1. The van der Waals surface area contributed by atoms with Crippen LogP contribution < -0.4 is 4.74 Å². The molecule has 1 heterocycles. The summed E-state index contributed by atoms with van der Waals surface area (Å²) in [5.41, 5.74) is 4.37. The van der Waals surface area contributed by atoms with Gasteiger partial charge < -0.3 is 9.30 Å². The number of aromatic nitrogens is 3. The first-order chi connectivity index (χ1) is 13.2. The number of carbonyl (C=O) groups excluding carboxylic acids is 1. The lowest BCUT2D eigenvalue weighted by Crippen LogP contribution is -2.05. The van der Waals surface area contributed by atoms with Crippen LogP contribution in [0, 0.1) is 0 Å². The van der Waals surface area contributed by atoms with E-state index in [0.717, 1.165) is 35.5 Å². The van der Waals surface area contributed by atoms with E-state index in [-0.39, 0.29) is 5.78 Å². The summed E-state index contributed by atoms with van der Waals surface area (Å²) in [6, 6.07) is 13.8. The lowest BCUT2D eigenvalue weighted by atomic mass is 10.0. The van der Waals surface area contributed by atoms with Gasteiger partial charge in [0.25, 0.3) is 0 Å². The molecule has 1 aromatic heterocycles. The Morgan fingerprint density at radius 2 is 1.96 bits per heavy atom. The summed E-state index contributed by atoms with van der Waals surface area (Å²) in [7, 11) is 3.55. The van der Waals surface area contributed by atoms with Crippen molar-refractivity contribution in [3.63, 3.8) is 0 Å². The zero-order chi connectivity index (χ0) is 18.8. The molecule has 0 unspecified atom stereocenters. The quantitative estimate of drug-likeness (QED) is 0.479. The Hall–Kier alpha value is -2.60. The first kappa shape index (κ1) is 17.8. The number of methoxy groups -OCH3 is 1. The monoisotopic (exact) mass is 379 g/mol. The zero-order valence-electron chi connectivity index (χ0n) is 15.4. The van der Waals surface area contributed by atoms with Gasteiger partial charge in [0, 0.05) is 12.6 Å². The second-order valence-electron chi connectivity index (χ2n) is 6.61. The summed E-state index contributed by atoms with van der Waals surface area (Å²) < 4.78 is 7.32. The maximum Gasteiger partial charge on any atom is 0.191 e. The van der Waals surface area contributed by atoms with Crippen molar-refractivity contribution in [2.24, 2.45) is 7.05 Å². The molecule has 0 aliphatic heterocycles. The Balaban J connectivity index is 1.49.